The van der Waals surface area contributed by atoms with Gasteiger partial charge in [-0.05, 0) is 54.7 Å². The molecule has 1 saturated heterocycles. The van der Waals surface area contributed by atoms with E-state index in [0.717, 1.165) is 17.5 Å². The van der Waals surface area contributed by atoms with E-state index in [1.54, 1.807) is 48.5 Å². The zero-order valence-electron chi connectivity index (χ0n) is 21.7. The Labute approximate surface area is 218 Å². The van der Waals surface area contributed by atoms with Crippen LogP contribution in [0.25, 0.3) is 5.76 Å². The summed E-state index contributed by atoms with van der Waals surface area (Å²) >= 11 is 0. The number of amides is 1. The van der Waals surface area contributed by atoms with Crippen LogP contribution in [0.3, 0.4) is 0 Å². The van der Waals surface area contributed by atoms with Gasteiger partial charge in [-0.3, -0.25) is 14.5 Å². The van der Waals surface area contributed by atoms with Gasteiger partial charge >= 0.3 is 0 Å². The van der Waals surface area contributed by atoms with Crippen LogP contribution in [0.5, 0.6) is 11.5 Å². The molecule has 4 rings (SSSR count). The van der Waals surface area contributed by atoms with Gasteiger partial charge in [0.1, 0.15) is 17.3 Å². The van der Waals surface area contributed by atoms with Gasteiger partial charge in [0, 0.05) is 17.3 Å². The number of ketones is 1. The van der Waals surface area contributed by atoms with Crippen LogP contribution in [0.4, 0.5) is 5.69 Å². The highest BCUT2D eigenvalue weighted by atomic mass is 16.5. The number of hydrogen-bond donors (Lipinski definition) is 1. The average molecular weight is 500 g/mol. The quantitative estimate of drug-likeness (QED) is 0.203. The van der Waals surface area contributed by atoms with Gasteiger partial charge in [0.15, 0.2) is 0 Å². The maximum atomic E-state index is 13.5. The second-order valence-electron chi connectivity index (χ2n) is 9.30. The minimum atomic E-state index is -0.807. The Bertz CT molecular complexity index is 1310. The molecule has 192 valence electrons. The molecule has 1 fully saturated rings. The molecule has 1 amide bonds. The molecular formula is C31H33NO5. The first kappa shape index (κ1) is 26.0. The van der Waals surface area contributed by atoms with Crippen LogP contribution in [-0.2, 0) is 9.59 Å². The Morgan fingerprint density at radius 3 is 2.24 bits per heavy atom. The first-order valence-electron chi connectivity index (χ1n) is 12.7. The SMILES string of the molecule is CCCOc1cccc(/C(O)=C2\C(=O)C(=O)N(c3cccc(OCC)c3)C2c2ccc(C(C)C)cc2)c1. The summed E-state index contributed by atoms with van der Waals surface area (Å²) in [5.41, 5.74) is 2.84. The molecule has 3 aromatic carbocycles. The van der Waals surface area contributed by atoms with Crippen molar-refractivity contribution in [3.63, 3.8) is 0 Å². The monoisotopic (exact) mass is 499 g/mol. The first-order chi connectivity index (χ1) is 17.8. The minimum absolute atomic E-state index is 0.0387. The lowest BCUT2D eigenvalue weighted by molar-refractivity contribution is -0.132. The van der Waals surface area contributed by atoms with Crippen LogP contribution < -0.4 is 14.4 Å². The van der Waals surface area contributed by atoms with Crippen LogP contribution >= 0.6 is 0 Å². The molecule has 1 aliphatic heterocycles. The smallest absolute Gasteiger partial charge is 0.300 e. The van der Waals surface area contributed by atoms with Crippen molar-refractivity contribution in [3.05, 3.63) is 95.1 Å². The number of benzene rings is 3. The highest BCUT2D eigenvalue weighted by Gasteiger charge is 2.47. The van der Waals surface area contributed by atoms with Crippen LogP contribution in [0.1, 0.15) is 62.8 Å². The van der Waals surface area contributed by atoms with Gasteiger partial charge in [-0.15, -0.1) is 0 Å². The molecule has 1 aliphatic rings. The van der Waals surface area contributed by atoms with Gasteiger partial charge in [0.25, 0.3) is 11.7 Å². The summed E-state index contributed by atoms with van der Waals surface area (Å²) in [6, 6.07) is 21.1. The predicted molar refractivity (Wildman–Crippen MR) is 145 cm³/mol. The topological polar surface area (TPSA) is 76.1 Å². The molecule has 6 heteroatoms. The molecular weight excluding hydrogens is 466 g/mol. The van der Waals surface area contributed by atoms with Crippen molar-refractivity contribution in [2.45, 2.75) is 46.1 Å². The van der Waals surface area contributed by atoms with Crippen molar-refractivity contribution in [3.8, 4) is 11.5 Å². The van der Waals surface area contributed by atoms with Crippen molar-refractivity contribution in [1.82, 2.24) is 0 Å². The highest BCUT2D eigenvalue weighted by molar-refractivity contribution is 6.51. The van der Waals surface area contributed by atoms with Gasteiger partial charge in [0.05, 0.1) is 24.8 Å². The van der Waals surface area contributed by atoms with Crippen LogP contribution in [0.2, 0.25) is 0 Å². The zero-order chi connectivity index (χ0) is 26.5. The molecule has 1 N–H and O–H groups in total. The lowest BCUT2D eigenvalue weighted by Gasteiger charge is -2.26. The highest BCUT2D eigenvalue weighted by Crippen LogP contribution is 2.43. The second kappa shape index (κ2) is 11.3. The van der Waals surface area contributed by atoms with Gasteiger partial charge in [-0.25, -0.2) is 0 Å². The lowest BCUT2D eigenvalue weighted by Crippen LogP contribution is -2.29. The zero-order valence-corrected chi connectivity index (χ0v) is 21.7. The van der Waals surface area contributed by atoms with E-state index in [2.05, 4.69) is 13.8 Å². The Hall–Kier alpha value is -4.06. The standard InChI is InChI=1S/C31H33NO5/c1-5-17-37-25-11-7-9-23(18-25)29(33)27-28(22-15-13-21(14-16-22)20(3)4)32(31(35)30(27)34)24-10-8-12-26(19-24)36-6-2/h7-16,18-20,28,33H,5-6,17H2,1-4H3/b29-27+. The number of Topliss-reactive ketones (excluding diaryl/α,β-unsaturated/α-hetero) is 1. The Kier molecular flexibility index (Phi) is 7.97. The maximum Gasteiger partial charge on any atom is 0.300 e. The molecule has 3 aromatic rings. The van der Waals surface area contributed by atoms with E-state index in [1.807, 2.05) is 38.1 Å². The molecule has 1 atom stereocenters. The number of hydrogen-bond acceptors (Lipinski definition) is 5. The normalized spacial score (nSPS) is 16.9. The third-order valence-electron chi connectivity index (χ3n) is 6.35. The van der Waals surface area contributed by atoms with Gasteiger partial charge in [-0.1, -0.05) is 63.2 Å². The molecule has 37 heavy (non-hydrogen) atoms. The summed E-state index contributed by atoms with van der Waals surface area (Å²) < 4.78 is 11.4. The molecule has 0 aliphatic carbocycles. The molecule has 6 nitrogen and oxygen atoms in total. The average Bonchev–Trinajstić information content (AvgIpc) is 3.17. The van der Waals surface area contributed by atoms with Crippen molar-refractivity contribution in [2.75, 3.05) is 18.1 Å². The molecule has 0 aromatic heterocycles. The first-order valence-corrected chi connectivity index (χ1v) is 12.7. The van der Waals surface area contributed by atoms with Crippen molar-refractivity contribution in [1.29, 1.82) is 0 Å². The van der Waals surface area contributed by atoms with Crippen molar-refractivity contribution < 1.29 is 24.2 Å². The van der Waals surface area contributed by atoms with Gasteiger partial charge in [-0.2, -0.15) is 0 Å². The summed E-state index contributed by atoms with van der Waals surface area (Å²) in [6.45, 7) is 9.11. The number of anilines is 1. The number of ether oxygens (including phenoxy) is 2. The fourth-order valence-corrected chi connectivity index (χ4v) is 4.48. The largest absolute Gasteiger partial charge is 0.507 e. The summed E-state index contributed by atoms with van der Waals surface area (Å²) in [5, 5.41) is 11.4. The summed E-state index contributed by atoms with van der Waals surface area (Å²) in [5.74, 6) is -0.168. The third-order valence-corrected chi connectivity index (χ3v) is 6.35. The molecule has 0 bridgehead atoms. The number of nitrogens with zero attached hydrogens (tertiary/aromatic N) is 1. The van der Waals surface area contributed by atoms with E-state index < -0.39 is 17.7 Å². The van der Waals surface area contributed by atoms with E-state index in [-0.39, 0.29) is 11.3 Å². The van der Waals surface area contributed by atoms with E-state index >= 15 is 0 Å². The van der Waals surface area contributed by atoms with E-state index in [9.17, 15) is 14.7 Å². The summed E-state index contributed by atoms with van der Waals surface area (Å²) in [7, 11) is 0. The van der Waals surface area contributed by atoms with E-state index in [1.165, 1.54) is 4.90 Å². The molecule has 0 spiro atoms. The van der Waals surface area contributed by atoms with E-state index in [0.29, 0.717) is 41.9 Å². The summed E-state index contributed by atoms with van der Waals surface area (Å²) in [4.78, 5) is 28.4. The van der Waals surface area contributed by atoms with Crippen LogP contribution in [0.15, 0.2) is 78.4 Å². The van der Waals surface area contributed by atoms with E-state index in [4.69, 9.17) is 9.47 Å². The Balaban J connectivity index is 1.88. The van der Waals surface area contributed by atoms with Gasteiger partial charge in [0.2, 0.25) is 0 Å². The third kappa shape index (κ3) is 5.38. The number of aliphatic hydroxyl groups excluding tert-OH is 1. The van der Waals surface area contributed by atoms with Crippen molar-refractivity contribution in [2.24, 2.45) is 0 Å². The fourth-order valence-electron chi connectivity index (χ4n) is 4.48. The maximum absolute atomic E-state index is 13.5. The number of rotatable bonds is 9. The number of aliphatic hydroxyl groups is 1. The minimum Gasteiger partial charge on any atom is -0.507 e. The molecule has 1 heterocycles. The molecule has 0 radical (unpaired) electrons. The summed E-state index contributed by atoms with van der Waals surface area (Å²) in [6.07, 6.45) is 0.842. The predicted octanol–water partition coefficient (Wildman–Crippen LogP) is 6.62. The number of carbonyl (C=O) groups excluding carboxylic acids is 2. The van der Waals surface area contributed by atoms with Crippen LogP contribution in [-0.4, -0.2) is 30.0 Å². The second-order valence-corrected chi connectivity index (χ2v) is 9.30. The number of carbonyl (C=O) groups is 2. The van der Waals surface area contributed by atoms with Gasteiger partial charge < -0.3 is 14.6 Å². The molecule has 0 saturated carbocycles. The fraction of sp³-hybridized carbons (Fsp3) is 0.290. The Morgan fingerprint density at radius 2 is 1.59 bits per heavy atom. The lowest BCUT2D eigenvalue weighted by atomic mass is 9.93. The van der Waals surface area contributed by atoms with Crippen molar-refractivity contribution >= 4 is 23.1 Å². The molecule has 1 unspecified atom stereocenters. The van der Waals surface area contributed by atoms with Crippen LogP contribution in [0, 0.1) is 0 Å². The Morgan fingerprint density at radius 1 is 0.919 bits per heavy atom.